The van der Waals surface area contributed by atoms with Crippen molar-refractivity contribution < 1.29 is 44.2 Å². The number of hydrogen-bond donors (Lipinski definition) is 0. The molecule has 2 aromatic carbocycles. The summed E-state index contributed by atoms with van der Waals surface area (Å²) in [6, 6.07) is 13.3. The number of rotatable bonds is 3. The van der Waals surface area contributed by atoms with Crippen LogP contribution >= 0.6 is 0 Å². The molecule has 0 aromatic heterocycles. The van der Waals surface area contributed by atoms with Gasteiger partial charge in [-0.05, 0) is 29.8 Å². The average Bonchev–Trinajstić information content (AvgIpc) is 2.28. The van der Waals surface area contributed by atoms with E-state index < -0.39 is 12.1 Å². The summed E-state index contributed by atoms with van der Waals surface area (Å²) in [4.78, 5) is 10.5. The fraction of sp³-hybridized carbons (Fsp3) is 0.154. The van der Waals surface area contributed by atoms with E-state index in [9.17, 15) is 9.90 Å². The molecule has 0 aliphatic rings. The second-order valence-electron chi connectivity index (χ2n) is 3.59. The Hall–Kier alpha value is -1.03. The number of fused-ring (bicyclic) bond motifs is 1. The van der Waals surface area contributed by atoms with Gasteiger partial charge >= 0.3 is 29.6 Å². The van der Waals surface area contributed by atoms with E-state index in [-0.39, 0.29) is 29.6 Å². The molecular weight excluding hydrogens is 227 g/mol. The predicted octanol–water partition coefficient (Wildman–Crippen LogP) is -1.64. The molecule has 3 nitrogen and oxygen atoms in total. The van der Waals surface area contributed by atoms with Crippen molar-refractivity contribution in [2.75, 3.05) is 0 Å². The van der Waals surface area contributed by atoms with Gasteiger partial charge in [-0.3, -0.25) is 0 Å². The van der Waals surface area contributed by atoms with Crippen molar-refractivity contribution in [1.82, 2.24) is 0 Å². The van der Waals surface area contributed by atoms with Crippen molar-refractivity contribution in [1.29, 1.82) is 0 Å². The summed E-state index contributed by atoms with van der Waals surface area (Å²) < 4.78 is 5.22. The van der Waals surface area contributed by atoms with Crippen LogP contribution in [-0.4, -0.2) is 12.1 Å². The second kappa shape index (κ2) is 6.05. The minimum absolute atomic E-state index is 0. The van der Waals surface area contributed by atoms with E-state index in [4.69, 9.17) is 4.74 Å². The fourth-order valence-corrected chi connectivity index (χ4v) is 1.49. The molecule has 17 heavy (non-hydrogen) atoms. The maximum atomic E-state index is 10.5. The molecule has 82 valence electrons. The number of carboxylic acids is 1. The number of carboxylic acid groups (broad SMARTS) is 1. The molecule has 0 fully saturated rings. The van der Waals surface area contributed by atoms with Gasteiger partial charge in [-0.15, -0.1) is 0 Å². The zero-order chi connectivity index (χ0) is 11.5. The van der Waals surface area contributed by atoms with Crippen molar-refractivity contribution in [3.8, 4) is 5.75 Å². The van der Waals surface area contributed by atoms with Gasteiger partial charge < -0.3 is 14.6 Å². The number of carbonyl (C=O) groups excluding carboxylic acids is 1. The molecule has 0 amide bonds. The first-order valence-corrected chi connectivity index (χ1v) is 5.03. The molecule has 0 N–H and O–H groups in total. The standard InChI is InChI=1S/C13H12O3.Na/c1-9(13(14)15)16-12-7-6-10-4-2-3-5-11(10)8-12;/h2-9H,1H3,(H,14,15);/q;+1/p-1. The zero-order valence-corrected chi connectivity index (χ0v) is 11.8. The van der Waals surface area contributed by atoms with E-state index >= 15 is 0 Å². The quantitative estimate of drug-likeness (QED) is 0.603. The molecular formula is C13H11NaO3. The number of aliphatic carboxylic acids is 1. The number of ether oxygens (including phenoxy) is 1. The first kappa shape index (κ1) is 14.0. The third kappa shape index (κ3) is 3.46. The Morgan fingerprint density at radius 1 is 1.18 bits per heavy atom. The summed E-state index contributed by atoms with van der Waals surface area (Å²) in [6.07, 6.45) is -0.943. The van der Waals surface area contributed by atoms with Crippen LogP contribution in [-0.2, 0) is 4.79 Å². The Bertz CT molecular complexity index is 525. The largest absolute Gasteiger partial charge is 1.00 e. The van der Waals surface area contributed by atoms with Crippen LogP contribution in [0.15, 0.2) is 42.5 Å². The number of carbonyl (C=O) groups is 1. The van der Waals surface area contributed by atoms with Crippen LogP contribution in [0.25, 0.3) is 10.8 Å². The van der Waals surface area contributed by atoms with E-state index in [1.54, 1.807) is 6.07 Å². The van der Waals surface area contributed by atoms with E-state index in [0.29, 0.717) is 5.75 Å². The Balaban J connectivity index is 0.00000144. The summed E-state index contributed by atoms with van der Waals surface area (Å²) in [6.45, 7) is 1.45. The van der Waals surface area contributed by atoms with Gasteiger partial charge in [0.05, 0.1) is 5.97 Å². The van der Waals surface area contributed by atoms with Crippen molar-refractivity contribution in [2.45, 2.75) is 13.0 Å². The minimum atomic E-state index is -1.21. The monoisotopic (exact) mass is 238 g/mol. The summed E-state index contributed by atoms with van der Waals surface area (Å²) in [7, 11) is 0. The first-order chi connectivity index (χ1) is 7.66. The SMILES string of the molecule is CC(Oc1ccc2ccccc2c1)C(=O)[O-].[Na+]. The van der Waals surface area contributed by atoms with Crippen LogP contribution < -0.4 is 39.4 Å². The van der Waals surface area contributed by atoms with Crippen molar-refractivity contribution in [3.63, 3.8) is 0 Å². The Morgan fingerprint density at radius 3 is 2.47 bits per heavy atom. The Morgan fingerprint density at radius 2 is 1.82 bits per heavy atom. The van der Waals surface area contributed by atoms with E-state index in [1.807, 2.05) is 36.4 Å². The van der Waals surface area contributed by atoms with Crippen LogP contribution in [0.3, 0.4) is 0 Å². The third-order valence-corrected chi connectivity index (χ3v) is 2.37. The van der Waals surface area contributed by atoms with Gasteiger partial charge in [-0.1, -0.05) is 30.3 Å². The number of benzene rings is 2. The van der Waals surface area contributed by atoms with Crippen LogP contribution in [0.1, 0.15) is 6.92 Å². The first-order valence-electron chi connectivity index (χ1n) is 5.03. The van der Waals surface area contributed by atoms with Crippen LogP contribution in [0.2, 0.25) is 0 Å². The summed E-state index contributed by atoms with van der Waals surface area (Å²) in [5.41, 5.74) is 0. The summed E-state index contributed by atoms with van der Waals surface area (Å²) in [5.74, 6) is -0.677. The Kier molecular flexibility index (Phi) is 5.00. The topological polar surface area (TPSA) is 49.4 Å². The zero-order valence-electron chi connectivity index (χ0n) is 9.84. The molecule has 0 saturated heterocycles. The van der Waals surface area contributed by atoms with E-state index in [1.165, 1.54) is 6.92 Å². The van der Waals surface area contributed by atoms with Gasteiger partial charge in [-0.2, -0.15) is 0 Å². The van der Waals surface area contributed by atoms with Crippen molar-refractivity contribution in [2.24, 2.45) is 0 Å². The van der Waals surface area contributed by atoms with Crippen LogP contribution in [0.4, 0.5) is 0 Å². The van der Waals surface area contributed by atoms with Crippen molar-refractivity contribution >= 4 is 16.7 Å². The molecule has 0 heterocycles. The smallest absolute Gasteiger partial charge is 0.546 e. The predicted molar refractivity (Wildman–Crippen MR) is 59.0 cm³/mol. The van der Waals surface area contributed by atoms with Crippen LogP contribution in [0.5, 0.6) is 5.75 Å². The van der Waals surface area contributed by atoms with Gasteiger partial charge in [0.25, 0.3) is 0 Å². The van der Waals surface area contributed by atoms with E-state index in [0.717, 1.165) is 10.8 Å². The Labute approximate surface area is 122 Å². The molecule has 1 atom stereocenters. The molecule has 0 aliphatic heterocycles. The molecule has 0 aliphatic carbocycles. The molecule has 0 radical (unpaired) electrons. The molecule has 2 rings (SSSR count). The van der Waals surface area contributed by atoms with Crippen molar-refractivity contribution in [3.05, 3.63) is 42.5 Å². The fourth-order valence-electron chi connectivity index (χ4n) is 1.49. The van der Waals surface area contributed by atoms with Gasteiger partial charge in [0.15, 0.2) is 0 Å². The van der Waals surface area contributed by atoms with Gasteiger partial charge in [0.2, 0.25) is 0 Å². The molecule has 0 saturated carbocycles. The van der Waals surface area contributed by atoms with E-state index in [2.05, 4.69) is 0 Å². The van der Waals surface area contributed by atoms with Crippen LogP contribution in [0, 0.1) is 0 Å². The van der Waals surface area contributed by atoms with Gasteiger partial charge in [0, 0.05) is 0 Å². The molecule has 1 unspecified atom stereocenters. The second-order valence-corrected chi connectivity index (χ2v) is 3.59. The summed E-state index contributed by atoms with van der Waals surface area (Å²) in [5, 5.41) is 12.6. The third-order valence-electron chi connectivity index (χ3n) is 2.37. The maximum absolute atomic E-state index is 10.5. The normalized spacial score (nSPS) is 11.6. The molecule has 4 heteroatoms. The average molecular weight is 238 g/mol. The van der Waals surface area contributed by atoms with Gasteiger partial charge in [-0.25, -0.2) is 0 Å². The molecule has 0 spiro atoms. The number of hydrogen-bond acceptors (Lipinski definition) is 3. The molecule has 2 aromatic rings. The van der Waals surface area contributed by atoms with Gasteiger partial charge in [0.1, 0.15) is 11.9 Å². The maximum Gasteiger partial charge on any atom is 1.00 e. The minimum Gasteiger partial charge on any atom is -0.546 e. The summed E-state index contributed by atoms with van der Waals surface area (Å²) >= 11 is 0. The molecule has 0 bridgehead atoms.